The van der Waals surface area contributed by atoms with Crippen LogP contribution < -0.4 is 10.0 Å². The van der Waals surface area contributed by atoms with E-state index >= 15 is 0 Å². The summed E-state index contributed by atoms with van der Waals surface area (Å²) in [5.74, 6) is -0.535. The number of methoxy groups -OCH3 is 1. The van der Waals surface area contributed by atoms with Crippen LogP contribution in [0.5, 0.6) is 0 Å². The Hall–Kier alpha value is -4.35. The molecule has 43 heavy (non-hydrogen) atoms. The van der Waals surface area contributed by atoms with E-state index < -0.39 is 27.6 Å². The number of benzene rings is 3. The summed E-state index contributed by atoms with van der Waals surface area (Å²) in [7, 11) is -0.937. The van der Waals surface area contributed by atoms with Crippen molar-refractivity contribution in [2.24, 2.45) is 0 Å². The van der Waals surface area contributed by atoms with E-state index in [2.05, 4.69) is 10.0 Å². The number of carbonyl (C=O) groups is 3. The fourth-order valence-electron chi connectivity index (χ4n) is 5.62. The van der Waals surface area contributed by atoms with Crippen LogP contribution in [-0.4, -0.2) is 62.0 Å². The Labute approximate surface area is 253 Å². The van der Waals surface area contributed by atoms with Crippen LogP contribution in [0, 0.1) is 0 Å². The van der Waals surface area contributed by atoms with Gasteiger partial charge in [0.15, 0.2) is 0 Å². The zero-order chi connectivity index (χ0) is 30.5. The first kappa shape index (κ1) is 28.8. The topological polar surface area (TPSA) is 127 Å². The number of rotatable bonds is 7. The molecule has 6 rings (SSSR count). The van der Waals surface area contributed by atoms with E-state index in [0.29, 0.717) is 48.5 Å². The van der Waals surface area contributed by atoms with Gasteiger partial charge < -0.3 is 19.5 Å². The van der Waals surface area contributed by atoms with Crippen LogP contribution in [0.25, 0.3) is 16.6 Å². The molecule has 3 aromatic carbocycles. The highest BCUT2D eigenvalue weighted by molar-refractivity contribution is 7.90. The van der Waals surface area contributed by atoms with Gasteiger partial charge >= 0.3 is 12.0 Å². The second kappa shape index (κ2) is 10.7. The fourth-order valence-corrected chi connectivity index (χ4v) is 6.65. The number of nitrogens with one attached hydrogen (secondary N) is 2. The SMILES string of the molecule is COC(=O)c1ccc2c(c1)c1c(n2-c2ccc(CC3(NC(=O)NS(=O)(=O)c4ccc(Cl)cc4)CC3)cc2)C(=O)N(C)CC1. The van der Waals surface area contributed by atoms with E-state index in [1.54, 1.807) is 24.1 Å². The Kier molecular flexibility index (Phi) is 7.18. The van der Waals surface area contributed by atoms with Crippen LogP contribution in [0.4, 0.5) is 4.79 Å². The molecule has 1 aromatic heterocycles. The normalized spacial score (nSPS) is 15.6. The molecule has 1 saturated carbocycles. The number of hydrogen-bond donors (Lipinski definition) is 2. The Morgan fingerprint density at radius 3 is 2.37 bits per heavy atom. The van der Waals surface area contributed by atoms with Crippen molar-refractivity contribution in [2.45, 2.75) is 36.1 Å². The Morgan fingerprint density at radius 2 is 1.72 bits per heavy atom. The zero-order valence-corrected chi connectivity index (χ0v) is 25.1. The van der Waals surface area contributed by atoms with Crippen molar-refractivity contribution in [3.63, 3.8) is 0 Å². The highest BCUT2D eigenvalue weighted by atomic mass is 35.5. The van der Waals surface area contributed by atoms with E-state index in [1.165, 1.54) is 31.4 Å². The van der Waals surface area contributed by atoms with Gasteiger partial charge in [-0.05, 0) is 91.4 Å². The van der Waals surface area contributed by atoms with Crippen molar-refractivity contribution in [1.29, 1.82) is 0 Å². The lowest BCUT2D eigenvalue weighted by molar-refractivity contribution is 0.0600. The molecule has 1 aliphatic heterocycles. The molecular weight excluding hydrogens is 592 g/mol. The lowest BCUT2D eigenvalue weighted by Gasteiger charge is -2.24. The van der Waals surface area contributed by atoms with Gasteiger partial charge in [-0.3, -0.25) is 4.79 Å². The smallest absolute Gasteiger partial charge is 0.337 e. The van der Waals surface area contributed by atoms with Gasteiger partial charge in [0, 0.05) is 35.2 Å². The van der Waals surface area contributed by atoms with Gasteiger partial charge in [-0.1, -0.05) is 23.7 Å². The number of sulfonamides is 1. The van der Waals surface area contributed by atoms with Crippen LogP contribution in [0.1, 0.15) is 44.8 Å². The number of aromatic nitrogens is 1. The average molecular weight is 621 g/mol. The number of amides is 3. The van der Waals surface area contributed by atoms with E-state index in [9.17, 15) is 22.8 Å². The van der Waals surface area contributed by atoms with Gasteiger partial charge in [0.05, 0.1) is 23.1 Å². The number of urea groups is 1. The predicted octanol–water partition coefficient (Wildman–Crippen LogP) is 4.46. The minimum absolute atomic E-state index is 0.0570. The summed E-state index contributed by atoms with van der Waals surface area (Å²) in [6.07, 6.45) is 2.59. The molecule has 1 fully saturated rings. The maximum atomic E-state index is 13.3. The molecule has 0 bridgehead atoms. The second-order valence-electron chi connectivity index (χ2n) is 11.0. The molecule has 0 spiro atoms. The third-order valence-corrected chi connectivity index (χ3v) is 9.66. The minimum atomic E-state index is -4.05. The Balaban J connectivity index is 1.24. The molecule has 0 atom stereocenters. The van der Waals surface area contributed by atoms with Crippen LogP contribution in [-0.2, 0) is 27.6 Å². The molecule has 3 amide bonds. The summed E-state index contributed by atoms with van der Waals surface area (Å²) in [5, 5.41) is 4.07. The number of nitrogens with zero attached hydrogens (tertiary/aromatic N) is 2. The lowest BCUT2D eigenvalue weighted by atomic mass is 10.0. The van der Waals surface area contributed by atoms with E-state index in [4.69, 9.17) is 16.3 Å². The molecule has 2 N–H and O–H groups in total. The van der Waals surface area contributed by atoms with Crippen LogP contribution >= 0.6 is 11.6 Å². The molecular formula is C31H29ClN4O6S. The third-order valence-electron chi connectivity index (χ3n) is 8.06. The Morgan fingerprint density at radius 1 is 1.02 bits per heavy atom. The predicted molar refractivity (Wildman–Crippen MR) is 161 cm³/mol. The Bertz CT molecular complexity index is 1880. The van der Waals surface area contributed by atoms with E-state index in [1.807, 2.05) is 34.9 Å². The largest absolute Gasteiger partial charge is 0.465 e. The number of fused-ring (bicyclic) bond motifs is 3. The summed E-state index contributed by atoms with van der Waals surface area (Å²) >= 11 is 5.84. The van der Waals surface area contributed by atoms with Crippen LogP contribution in [0.2, 0.25) is 5.02 Å². The summed E-state index contributed by atoms with van der Waals surface area (Å²) in [5.41, 5.74) is 3.88. The highest BCUT2D eigenvalue weighted by Gasteiger charge is 2.44. The molecule has 222 valence electrons. The van der Waals surface area contributed by atoms with Gasteiger partial charge in [0.25, 0.3) is 15.9 Å². The minimum Gasteiger partial charge on any atom is -0.465 e. The summed E-state index contributed by atoms with van der Waals surface area (Å²) in [6.45, 7) is 0.579. The second-order valence-corrected chi connectivity index (χ2v) is 13.1. The number of carbonyl (C=O) groups excluding carboxylic acids is 3. The van der Waals surface area contributed by atoms with Crippen molar-refractivity contribution in [1.82, 2.24) is 19.5 Å². The molecule has 1 aliphatic carbocycles. The lowest BCUT2D eigenvalue weighted by Crippen LogP contribution is -2.46. The summed E-state index contributed by atoms with van der Waals surface area (Å²) < 4.78 is 34.1. The first-order valence-corrected chi connectivity index (χ1v) is 15.6. The molecule has 0 unspecified atom stereocenters. The van der Waals surface area contributed by atoms with Crippen molar-refractivity contribution in [2.75, 3.05) is 20.7 Å². The molecule has 0 radical (unpaired) electrons. The molecule has 10 nitrogen and oxygen atoms in total. The number of esters is 1. The maximum Gasteiger partial charge on any atom is 0.337 e. The van der Waals surface area contributed by atoms with Crippen molar-refractivity contribution in [3.05, 3.63) is 94.1 Å². The number of halogens is 1. The number of likely N-dealkylation sites (N-methyl/N-ethyl adjacent to an activating group) is 1. The number of hydrogen-bond acceptors (Lipinski definition) is 6. The molecule has 0 saturated heterocycles. The van der Waals surface area contributed by atoms with Gasteiger partial charge in [0.1, 0.15) is 5.69 Å². The van der Waals surface area contributed by atoms with Crippen molar-refractivity contribution >= 4 is 50.4 Å². The van der Waals surface area contributed by atoms with Crippen LogP contribution in [0.3, 0.4) is 0 Å². The standard InChI is InChI=1S/C31H29ClN4O6S/c1-35-16-13-24-25-17-20(29(38)42-2)5-12-26(25)36(27(24)28(35)37)22-8-3-19(4-9-22)18-31(14-15-31)33-30(39)34-43(40,41)23-10-6-21(32)7-11-23/h3-12,17H,13-16,18H2,1-2H3,(H2,33,34,39). The third kappa shape index (κ3) is 5.46. The summed E-state index contributed by atoms with van der Waals surface area (Å²) in [6, 6.07) is 17.8. The summed E-state index contributed by atoms with van der Waals surface area (Å²) in [4.78, 5) is 39.9. The van der Waals surface area contributed by atoms with Gasteiger partial charge in [-0.25, -0.2) is 22.7 Å². The molecule has 12 heteroatoms. The quantitative estimate of drug-likeness (QED) is 0.294. The first-order chi connectivity index (χ1) is 20.5. The monoisotopic (exact) mass is 620 g/mol. The molecule has 4 aromatic rings. The fraction of sp³-hybridized carbons (Fsp3) is 0.258. The molecule has 2 heterocycles. The van der Waals surface area contributed by atoms with Crippen molar-refractivity contribution in [3.8, 4) is 5.69 Å². The van der Waals surface area contributed by atoms with Crippen LogP contribution in [0.15, 0.2) is 71.6 Å². The average Bonchev–Trinajstić information content (AvgIpc) is 3.64. The van der Waals surface area contributed by atoms with Crippen molar-refractivity contribution < 1.29 is 27.5 Å². The van der Waals surface area contributed by atoms with Gasteiger partial charge in [0.2, 0.25) is 0 Å². The van der Waals surface area contributed by atoms with E-state index in [0.717, 1.165) is 27.7 Å². The van der Waals surface area contributed by atoms with Gasteiger partial charge in [-0.2, -0.15) is 0 Å². The zero-order valence-electron chi connectivity index (χ0n) is 23.5. The van der Waals surface area contributed by atoms with E-state index in [-0.39, 0.29) is 10.8 Å². The molecule has 2 aliphatic rings. The highest BCUT2D eigenvalue weighted by Crippen LogP contribution is 2.39. The first-order valence-electron chi connectivity index (χ1n) is 13.7. The number of ether oxygens (including phenoxy) is 1. The van der Waals surface area contributed by atoms with Gasteiger partial charge in [-0.15, -0.1) is 0 Å². The maximum absolute atomic E-state index is 13.3.